The van der Waals surface area contributed by atoms with Crippen LogP contribution in [-0.4, -0.2) is 43.6 Å². The van der Waals surface area contributed by atoms with Crippen LogP contribution in [0.25, 0.3) is 0 Å². The minimum Gasteiger partial charge on any atom is -0.368 e. The summed E-state index contributed by atoms with van der Waals surface area (Å²) in [5.74, 6) is 0.510. The molecule has 0 bridgehead atoms. The predicted octanol–water partition coefficient (Wildman–Crippen LogP) is 1.27. The Morgan fingerprint density at radius 1 is 1.40 bits per heavy atom. The molecule has 0 radical (unpaired) electrons. The first-order chi connectivity index (χ1) is 9.66. The van der Waals surface area contributed by atoms with E-state index in [1.54, 1.807) is 6.20 Å². The van der Waals surface area contributed by atoms with Crippen LogP contribution in [0.1, 0.15) is 30.8 Å². The number of pyridine rings is 1. The largest absolute Gasteiger partial charge is 0.368 e. The van der Waals surface area contributed by atoms with Gasteiger partial charge in [-0.05, 0) is 24.5 Å². The summed E-state index contributed by atoms with van der Waals surface area (Å²) < 4.78 is 0. The molecule has 20 heavy (non-hydrogen) atoms. The first-order valence-electron chi connectivity index (χ1n) is 7.36. The number of amides is 1. The van der Waals surface area contributed by atoms with Crippen molar-refractivity contribution < 1.29 is 4.79 Å². The maximum atomic E-state index is 11.9. The average Bonchev–Trinajstić information content (AvgIpc) is 2.48. The highest BCUT2D eigenvalue weighted by Crippen LogP contribution is 2.13. The molecule has 110 valence electrons. The van der Waals surface area contributed by atoms with Gasteiger partial charge in [0.1, 0.15) is 5.69 Å². The van der Waals surface area contributed by atoms with E-state index in [0.29, 0.717) is 18.2 Å². The molecule has 5 heteroatoms. The molecule has 0 spiro atoms. The number of piperazine rings is 1. The lowest BCUT2D eigenvalue weighted by Gasteiger charge is -2.29. The van der Waals surface area contributed by atoms with Crippen molar-refractivity contribution in [2.45, 2.75) is 20.3 Å². The Hall–Kier alpha value is -1.62. The molecule has 0 atom stereocenters. The molecule has 0 saturated carbocycles. The van der Waals surface area contributed by atoms with Crippen molar-refractivity contribution in [2.24, 2.45) is 5.92 Å². The Morgan fingerprint density at radius 2 is 2.15 bits per heavy atom. The van der Waals surface area contributed by atoms with Crippen LogP contribution in [-0.2, 0) is 0 Å². The van der Waals surface area contributed by atoms with Crippen LogP contribution in [0.15, 0.2) is 18.3 Å². The molecule has 1 aromatic heterocycles. The molecule has 1 aliphatic rings. The normalized spacial score (nSPS) is 15.4. The quantitative estimate of drug-likeness (QED) is 0.850. The zero-order valence-electron chi connectivity index (χ0n) is 12.4. The number of aromatic nitrogens is 1. The standard InChI is InChI=1S/C15H24N4O/c1-12(2)5-6-17-15(20)14-4-3-13(11-18-14)19-9-7-16-8-10-19/h3-4,11-12,16H,5-10H2,1-2H3,(H,17,20). The average molecular weight is 276 g/mol. The zero-order valence-corrected chi connectivity index (χ0v) is 12.4. The van der Waals surface area contributed by atoms with Gasteiger partial charge in [-0.3, -0.25) is 4.79 Å². The third kappa shape index (κ3) is 4.20. The van der Waals surface area contributed by atoms with E-state index in [4.69, 9.17) is 0 Å². The number of nitrogens with one attached hydrogen (secondary N) is 2. The van der Waals surface area contributed by atoms with Gasteiger partial charge in [0.15, 0.2) is 0 Å². The summed E-state index contributed by atoms with van der Waals surface area (Å²) in [6.45, 7) is 8.97. The monoisotopic (exact) mass is 276 g/mol. The van der Waals surface area contributed by atoms with Gasteiger partial charge >= 0.3 is 0 Å². The van der Waals surface area contributed by atoms with E-state index in [9.17, 15) is 4.79 Å². The summed E-state index contributed by atoms with van der Waals surface area (Å²) in [7, 11) is 0. The first-order valence-corrected chi connectivity index (χ1v) is 7.36. The molecule has 5 nitrogen and oxygen atoms in total. The maximum Gasteiger partial charge on any atom is 0.269 e. The lowest BCUT2D eigenvalue weighted by molar-refractivity contribution is 0.0947. The lowest BCUT2D eigenvalue weighted by atomic mass is 10.1. The maximum absolute atomic E-state index is 11.9. The summed E-state index contributed by atoms with van der Waals surface area (Å²) in [6.07, 6.45) is 2.79. The van der Waals surface area contributed by atoms with Gasteiger partial charge in [0.25, 0.3) is 5.91 Å². The Balaban J connectivity index is 1.88. The van der Waals surface area contributed by atoms with E-state index in [2.05, 4.69) is 34.4 Å². The predicted molar refractivity (Wildman–Crippen MR) is 81.1 cm³/mol. The van der Waals surface area contributed by atoms with Crippen LogP contribution >= 0.6 is 0 Å². The Bertz CT molecular complexity index is 424. The highest BCUT2D eigenvalue weighted by atomic mass is 16.1. The molecule has 0 unspecified atom stereocenters. The Kier molecular flexibility index (Phi) is 5.35. The third-order valence-electron chi connectivity index (χ3n) is 3.47. The van der Waals surface area contributed by atoms with Crippen molar-refractivity contribution in [2.75, 3.05) is 37.6 Å². The van der Waals surface area contributed by atoms with Crippen molar-refractivity contribution in [1.82, 2.24) is 15.6 Å². The fourth-order valence-electron chi connectivity index (χ4n) is 2.20. The van der Waals surface area contributed by atoms with E-state index in [1.165, 1.54) is 0 Å². The fraction of sp³-hybridized carbons (Fsp3) is 0.600. The SMILES string of the molecule is CC(C)CCNC(=O)c1ccc(N2CCNCC2)cn1. The molecule has 0 aliphatic carbocycles. The van der Waals surface area contributed by atoms with Crippen molar-refractivity contribution in [3.8, 4) is 0 Å². The smallest absolute Gasteiger partial charge is 0.269 e. The molecule has 2 rings (SSSR count). The number of hydrogen-bond donors (Lipinski definition) is 2. The molecule has 0 aromatic carbocycles. The van der Waals surface area contributed by atoms with Gasteiger partial charge in [0.2, 0.25) is 0 Å². The van der Waals surface area contributed by atoms with Crippen molar-refractivity contribution in [3.05, 3.63) is 24.0 Å². The third-order valence-corrected chi connectivity index (χ3v) is 3.47. The minimum absolute atomic E-state index is 0.0856. The van der Waals surface area contributed by atoms with Gasteiger partial charge < -0.3 is 15.5 Å². The summed E-state index contributed by atoms with van der Waals surface area (Å²) in [4.78, 5) is 18.5. The van der Waals surface area contributed by atoms with Gasteiger partial charge in [0, 0.05) is 32.7 Å². The molecule has 2 heterocycles. The number of carbonyl (C=O) groups is 1. The van der Waals surface area contributed by atoms with Crippen LogP contribution in [0.2, 0.25) is 0 Å². The van der Waals surface area contributed by atoms with Crippen LogP contribution < -0.4 is 15.5 Å². The minimum atomic E-state index is -0.0856. The topological polar surface area (TPSA) is 57.3 Å². The van der Waals surface area contributed by atoms with E-state index >= 15 is 0 Å². The van der Waals surface area contributed by atoms with E-state index in [1.807, 2.05) is 12.1 Å². The molecule has 1 aliphatic heterocycles. The van der Waals surface area contributed by atoms with E-state index in [-0.39, 0.29) is 5.91 Å². The van der Waals surface area contributed by atoms with Crippen molar-refractivity contribution in [1.29, 1.82) is 0 Å². The van der Waals surface area contributed by atoms with Gasteiger partial charge in [0.05, 0.1) is 11.9 Å². The Labute approximate surface area is 120 Å². The second kappa shape index (κ2) is 7.24. The fourth-order valence-corrected chi connectivity index (χ4v) is 2.20. The molecule has 1 fully saturated rings. The number of hydrogen-bond acceptors (Lipinski definition) is 4. The molecular formula is C15H24N4O. The van der Waals surface area contributed by atoms with Gasteiger partial charge in [-0.25, -0.2) is 4.98 Å². The summed E-state index contributed by atoms with van der Waals surface area (Å²) in [5, 5.41) is 6.22. The number of nitrogens with zero attached hydrogens (tertiary/aromatic N) is 2. The summed E-state index contributed by atoms with van der Waals surface area (Å²) in [6, 6.07) is 3.79. The van der Waals surface area contributed by atoms with Gasteiger partial charge in [-0.1, -0.05) is 13.8 Å². The molecule has 1 saturated heterocycles. The summed E-state index contributed by atoms with van der Waals surface area (Å²) in [5.41, 5.74) is 1.58. The lowest BCUT2D eigenvalue weighted by Crippen LogP contribution is -2.43. The van der Waals surface area contributed by atoms with Crippen molar-refractivity contribution >= 4 is 11.6 Å². The first kappa shape index (κ1) is 14.8. The highest BCUT2D eigenvalue weighted by molar-refractivity contribution is 5.92. The second-order valence-electron chi connectivity index (χ2n) is 5.58. The van der Waals surface area contributed by atoms with Gasteiger partial charge in [-0.2, -0.15) is 0 Å². The highest BCUT2D eigenvalue weighted by Gasteiger charge is 2.12. The number of carbonyl (C=O) groups excluding carboxylic acids is 1. The van der Waals surface area contributed by atoms with Crippen LogP contribution in [0.4, 0.5) is 5.69 Å². The number of rotatable bonds is 5. The van der Waals surface area contributed by atoms with E-state index in [0.717, 1.165) is 38.3 Å². The molecule has 1 aromatic rings. The van der Waals surface area contributed by atoms with Gasteiger partial charge in [-0.15, -0.1) is 0 Å². The Morgan fingerprint density at radius 3 is 2.75 bits per heavy atom. The van der Waals surface area contributed by atoms with Crippen LogP contribution in [0.3, 0.4) is 0 Å². The summed E-state index contributed by atoms with van der Waals surface area (Å²) >= 11 is 0. The van der Waals surface area contributed by atoms with Crippen LogP contribution in [0.5, 0.6) is 0 Å². The molecular weight excluding hydrogens is 252 g/mol. The number of anilines is 1. The van der Waals surface area contributed by atoms with E-state index < -0.39 is 0 Å². The van der Waals surface area contributed by atoms with Crippen LogP contribution in [0, 0.1) is 5.92 Å². The second-order valence-corrected chi connectivity index (χ2v) is 5.58. The molecule has 2 N–H and O–H groups in total. The molecule has 1 amide bonds. The zero-order chi connectivity index (χ0) is 14.4. The van der Waals surface area contributed by atoms with Crippen molar-refractivity contribution in [3.63, 3.8) is 0 Å².